The van der Waals surface area contributed by atoms with Gasteiger partial charge in [0.1, 0.15) is 0 Å². The first-order chi connectivity index (χ1) is 17.1. The number of hydrogen-bond acceptors (Lipinski definition) is 7. The molecule has 1 N–H and O–H groups in total. The van der Waals surface area contributed by atoms with Crippen molar-refractivity contribution in [2.75, 3.05) is 59.5 Å². The van der Waals surface area contributed by atoms with Crippen LogP contribution in [0.4, 0.5) is 0 Å². The van der Waals surface area contributed by atoms with Gasteiger partial charge < -0.3 is 18.9 Å². The lowest BCUT2D eigenvalue weighted by molar-refractivity contribution is -0.00498. The van der Waals surface area contributed by atoms with Crippen LogP contribution in [0.15, 0.2) is 0 Å². The first-order valence-corrected chi connectivity index (χ1v) is 15.4. The Labute approximate surface area is 215 Å². The van der Waals surface area contributed by atoms with E-state index < -0.39 is 10.4 Å². The van der Waals surface area contributed by atoms with E-state index in [0.29, 0.717) is 39.6 Å². The monoisotopic (exact) mass is 526 g/mol. The predicted molar refractivity (Wildman–Crippen MR) is 140 cm³/mol. The van der Waals surface area contributed by atoms with Crippen LogP contribution in [0.5, 0.6) is 0 Å². The molecule has 0 unspecified atom stereocenters. The van der Waals surface area contributed by atoms with Gasteiger partial charge in [-0.3, -0.25) is 4.55 Å². The summed E-state index contributed by atoms with van der Waals surface area (Å²) < 4.78 is 54.6. The van der Waals surface area contributed by atoms with Gasteiger partial charge in [0.15, 0.2) is 0 Å². The number of rotatable bonds is 30. The van der Waals surface area contributed by atoms with E-state index in [-0.39, 0.29) is 13.2 Å². The molecule has 0 amide bonds. The van der Waals surface area contributed by atoms with Gasteiger partial charge in [0.05, 0.1) is 52.9 Å². The molecule has 9 heteroatoms. The fourth-order valence-corrected chi connectivity index (χ4v) is 3.99. The molecule has 0 radical (unpaired) electrons. The Morgan fingerprint density at radius 2 is 0.714 bits per heavy atom. The maximum atomic E-state index is 10.3. The number of ether oxygens (including phenoxy) is 4. The quantitative estimate of drug-likeness (QED) is 0.0880. The lowest BCUT2D eigenvalue weighted by Gasteiger charge is -2.07. The van der Waals surface area contributed by atoms with Gasteiger partial charge in [-0.1, -0.05) is 103 Å². The van der Waals surface area contributed by atoms with Gasteiger partial charge in [0, 0.05) is 6.61 Å². The third-order valence-electron chi connectivity index (χ3n) is 5.72. The Morgan fingerprint density at radius 3 is 1.06 bits per heavy atom. The van der Waals surface area contributed by atoms with Crippen LogP contribution in [-0.4, -0.2) is 72.4 Å². The molecule has 0 bridgehead atoms. The minimum Gasteiger partial charge on any atom is -0.379 e. The maximum absolute atomic E-state index is 10.3. The normalized spacial score (nSPS) is 11.9. The average molecular weight is 527 g/mol. The third kappa shape index (κ3) is 33.7. The van der Waals surface area contributed by atoms with Crippen molar-refractivity contribution in [3.05, 3.63) is 0 Å². The lowest BCUT2D eigenvalue weighted by atomic mass is 10.0. The van der Waals surface area contributed by atoms with Gasteiger partial charge in [0.25, 0.3) is 0 Å². The van der Waals surface area contributed by atoms with Gasteiger partial charge in [0.2, 0.25) is 0 Å². The molecule has 0 aromatic carbocycles. The zero-order valence-electron chi connectivity index (χ0n) is 22.4. The molecule has 0 spiro atoms. The molecule has 35 heavy (non-hydrogen) atoms. The molecule has 0 fully saturated rings. The zero-order chi connectivity index (χ0) is 25.7. The molecule has 0 saturated heterocycles. The van der Waals surface area contributed by atoms with Crippen LogP contribution >= 0.6 is 0 Å². The van der Waals surface area contributed by atoms with Crippen LogP contribution in [0.1, 0.15) is 110 Å². The van der Waals surface area contributed by atoms with Gasteiger partial charge in [-0.15, -0.1) is 0 Å². The van der Waals surface area contributed by atoms with Gasteiger partial charge >= 0.3 is 10.4 Å². The zero-order valence-corrected chi connectivity index (χ0v) is 23.2. The fraction of sp³-hybridized carbons (Fsp3) is 1.00. The van der Waals surface area contributed by atoms with Crippen LogP contribution < -0.4 is 0 Å². The smallest absolute Gasteiger partial charge is 0.379 e. The first-order valence-electron chi connectivity index (χ1n) is 14.0. The summed E-state index contributed by atoms with van der Waals surface area (Å²) in [5, 5.41) is 0. The standard InChI is InChI=1S/C26H54O8S/c1-2-3-4-5-6-7-8-9-10-11-12-13-14-15-16-17-18-30-19-20-31-21-22-32-23-24-33-25-26-34-35(27,28)29/h2-26H2,1H3,(H,27,28,29). The van der Waals surface area contributed by atoms with E-state index >= 15 is 0 Å². The van der Waals surface area contributed by atoms with Crippen molar-refractivity contribution in [3.8, 4) is 0 Å². The van der Waals surface area contributed by atoms with Crippen molar-refractivity contribution in [3.63, 3.8) is 0 Å². The van der Waals surface area contributed by atoms with E-state index in [4.69, 9.17) is 23.5 Å². The maximum Gasteiger partial charge on any atom is 0.397 e. The molecule has 0 heterocycles. The molecule has 8 nitrogen and oxygen atoms in total. The summed E-state index contributed by atoms with van der Waals surface area (Å²) in [5.41, 5.74) is 0. The minimum absolute atomic E-state index is 0.0659. The van der Waals surface area contributed by atoms with Crippen molar-refractivity contribution in [2.45, 2.75) is 110 Å². The van der Waals surface area contributed by atoms with Gasteiger partial charge in [-0.05, 0) is 6.42 Å². The average Bonchev–Trinajstić information content (AvgIpc) is 2.82. The second-order valence-electron chi connectivity index (χ2n) is 9.00. The Balaban J connectivity index is 3.04. The minimum atomic E-state index is -4.39. The van der Waals surface area contributed by atoms with E-state index in [1.54, 1.807) is 0 Å². The predicted octanol–water partition coefficient (Wildman–Crippen LogP) is 6.13. The van der Waals surface area contributed by atoms with Crippen LogP contribution in [0.25, 0.3) is 0 Å². The molecule has 0 aliphatic carbocycles. The van der Waals surface area contributed by atoms with Crippen molar-refractivity contribution in [1.29, 1.82) is 0 Å². The van der Waals surface area contributed by atoms with Gasteiger partial charge in [-0.2, -0.15) is 8.42 Å². The topological polar surface area (TPSA) is 101 Å². The molecule has 0 aliphatic rings. The Bertz CT molecular complexity index is 502. The third-order valence-corrected chi connectivity index (χ3v) is 6.18. The first kappa shape index (κ1) is 34.7. The number of hydrogen-bond donors (Lipinski definition) is 1. The van der Waals surface area contributed by atoms with E-state index in [9.17, 15) is 8.42 Å². The molecule has 0 atom stereocenters. The highest BCUT2D eigenvalue weighted by Gasteiger charge is 2.02. The Hall–Kier alpha value is -0.290. The van der Waals surface area contributed by atoms with Crippen molar-refractivity contribution >= 4 is 10.4 Å². The SMILES string of the molecule is CCCCCCCCCCCCCCCCCCOCCOCCOCCOCCOS(=O)(=O)O. The highest BCUT2D eigenvalue weighted by molar-refractivity contribution is 7.80. The van der Waals surface area contributed by atoms with Crippen molar-refractivity contribution in [1.82, 2.24) is 0 Å². The number of unbranched alkanes of at least 4 members (excludes halogenated alkanes) is 15. The summed E-state index contributed by atoms with van der Waals surface area (Å²) >= 11 is 0. The molecular weight excluding hydrogens is 472 g/mol. The molecule has 0 aromatic heterocycles. The molecule has 0 rings (SSSR count). The van der Waals surface area contributed by atoms with Crippen molar-refractivity contribution < 1.29 is 36.1 Å². The largest absolute Gasteiger partial charge is 0.397 e. The van der Waals surface area contributed by atoms with Crippen LogP contribution in [0, 0.1) is 0 Å². The van der Waals surface area contributed by atoms with E-state index in [1.807, 2.05) is 0 Å². The highest BCUT2D eigenvalue weighted by atomic mass is 32.3. The summed E-state index contributed by atoms with van der Waals surface area (Å²) in [6.07, 6.45) is 22.0. The lowest BCUT2D eigenvalue weighted by Crippen LogP contribution is -2.14. The van der Waals surface area contributed by atoms with Crippen LogP contribution in [-0.2, 0) is 33.5 Å². The molecule has 0 saturated carbocycles. The molecule has 0 aliphatic heterocycles. The second kappa shape index (κ2) is 28.3. The molecule has 212 valence electrons. The van der Waals surface area contributed by atoms with E-state index in [2.05, 4.69) is 11.1 Å². The molecular formula is C26H54O8S. The van der Waals surface area contributed by atoms with E-state index in [0.717, 1.165) is 13.0 Å². The molecule has 0 aromatic rings. The van der Waals surface area contributed by atoms with Crippen LogP contribution in [0.2, 0.25) is 0 Å². The Morgan fingerprint density at radius 1 is 0.429 bits per heavy atom. The van der Waals surface area contributed by atoms with Crippen LogP contribution in [0.3, 0.4) is 0 Å². The fourth-order valence-electron chi connectivity index (χ4n) is 3.71. The second-order valence-corrected chi connectivity index (χ2v) is 10.1. The summed E-state index contributed by atoms with van der Waals surface area (Å²) in [6, 6.07) is 0. The van der Waals surface area contributed by atoms with Crippen molar-refractivity contribution in [2.24, 2.45) is 0 Å². The summed E-state index contributed by atoms with van der Waals surface area (Å²) in [4.78, 5) is 0. The summed E-state index contributed by atoms with van der Waals surface area (Å²) in [7, 11) is -4.39. The summed E-state index contributed by atoms with van der Waals surface area (Å²) in [6.45, 7) is 5.75. The Kier molecular flexibility index (Phi) is 28.0. The van der Waals surface area contributed by atoms with E-state index in [1.165, 1.54) is 96.3 Å². The van der Waals surface area contributed by atoms with Gasteiger partial charge in [-0.25, -0.2) is 4.18 Å². The summed E-state index contributed by atoms with van der Waals surface area (Å²) in [5.74, 6) is 0. The highest BCUT2D eigenvalue weighted by Crippen LogP contribution is 2.13.